The summed E-state index contributed by atoms with van der Waals surface area (Å²) in [5.41, 5.74) is 1.29. The summed E-state index contributed by atoms with van der Waals surface area (Å²) in [4.78, 5) is 22.8. The summed E-state index contributed by atoms with van der Waals surface area (Å²) in [5, 5.41) is 0.639. The van der Waals surface area contributed by atoms with Gasteiger partial charge in [0.1, 0.15) is 5.75 Å². The summed E-state index contributed by atoms with van der Waals surface area (Å²) in [6.45, 7) is 14.3. The Morgan fingerprint density at radius 2 is 1.53 bits per heavy atom. The number of likely N-dealkylation sites (N-methyl/N-ethyl adjacent to an activating group) is 1. The summed E-state index contributed by atoms with van der Waals surface area (Å²) >= 11 is 1.47. The van der Waals surface area contributed by atoms with Crippen LogP contribution in [0.2, 0.25) is 0 Å². The Kier molecular flexibility index (Phi) is 10.2. The summed E-state index contributed by atoms with van der Waals surface area (Å²) < 4.78 is 23.8. The molecule has 1 amide bonds. The maximum absolute atomic E-state index is 14.0. The summed E-state index contributed by atoms with van der Waals surface area (Å²) in [7, 11) is 1.64. The maximum atomic E-state index is 14.0. The standard InChI is InChI=1S/C27H37N3O5S/c1-7-29(8-2)14-15-30(27-28-21-13-12-20(32-6)18-24(21)36-27)26(31)19-16-22(33-9-3)25(35-11-5)23(17-19)34-10-4/h12-13,16-18H,7-11,14-15H2,1-6H3. The molecular weight excluding hydrogens is 478 g/mol. The van der Waals surface area contributed by atoms with Crippen LogP contribution in [0.1, 0.15) is 45.0 Å². The number of nitrogens with zero attached hydrogens (tertiary/aromatic N) is 3. The number of carbonyl (C=O) groups is 1. The van der Waals surface area contributed by atoms with E-state index in [1.54, 1.807) is 24.1 Å². The molecule has 3 rings (SSSR count). The number of thiazole rings is 1. The predicted octanol–water partition coefficient (Wildman–Crippen LogP) is 5.49. The molecule has 2 aromatic carbocycles. The molecule has 196 valence electrons. The number of methoxy groups -OCH3 is 1. The van der Waals surface area contributed by atoms with Gasteiger partial charge in [-0.15, -0.1) is 0 Å². The molecule has 0 unspecified atom stereocenters. The minimum Gasteiger partial charge on any atom is -0.497 e. The van der Waals surface area contributed by atoms with E-state index >= 15 is 0 Å². The summed E-state index contributed by atoms with van der Waals surface area (Å²) in [6, 6.07) is 9.21. The number of hydrogen-bond donors (Lipinski definition) is 0. The van der Waals surface area contributed by atoms with E-state index < -0.39 is 0 Å². The number of benzene rings is 2. The van der Waals surface area contributed by atoms with Gasteiger partial charge in [-0.3, -0.25) is 9.69 Å². The molecule has 0 aliphatic heterocycles. The van der Waals surface area contributed by atoms with Crippen LogP contribution in [0.3, 0.4) is 0 Å². The van der Waals surface area contributed by atoms with E-state index in [2.05, 4.69) is 18.7 Å². The van der Waals surface area contributed by atoms with Crippen molar-refractivity contribution < 1.29 is 23.7 Å². The van der Waals surface area contributed by atoms with Crippen LogP contribution in [0, 0.1) is 0 Å². The Bertz CT molecular complexity index is 1120. The second-order valence-corrected chi connectivity index (χ2v) is 8.92. The molecule has 9 heteroatoms. The minimum absolute atomic E-state index is 0.168. The molecule has 0 spiro atoms. The lowest BCUT2D eigenvalue weighted by molar-refractivity contribution is 0.0982. The number of anilines is 1. The van der Waals surface area contributed by atoms with Crippen molar-refractivity contribution in [1.82, 2.24) is 9.88 Å². The van der Waals surface area contributed by atoms with Crippen LogP contribution >= 0.6 is 11.3 Å². The minimum atomic E-state index is -0.168. The molecule has 1 heterocycles. The fourth-order valence-electron chi connectivity index (χ4n) is 3.87. The van der Waals surface area contributed by atoms with Gasteiger partial charge in [-0.05, 0) is 64.2 Å². The quantitative estimate of drug-likeness (QED) is 0.281. The van der Waals surface area contributed by atoms with Gasteiger partial charge in [0, 0.05) is 18.7 Å². The first-order valence-corrected chi connectivity index (χ1v) is 13.4. The molecule has 36 heavy (non-hydrogen) atoms. The average molecular weight is 516 g/mol. The number of fused-ring (bicyclic) bond motifs is 1. The molecule has 1 aromatic heterocycles. The molecule has 0 fully saturated rings. The zero-order valence-electron chi connectivity index (χ0n) is 22.1. The summed E-state index contributed by atoms with van der Waals surface area (Å²) in [6.07, 6.45) is 0. The maximum Gasteiger partial charge on any atom is 0.260 e. The van der Waals surface area contributed by atoms with Crippen molar-refractivity contribution >= 4 is 32.6 Å². The highest BCUT2D eigenvalue weighted by molar-refractivity contribution is 7.22. The number of amides is 1. The molecule has 8 nitrogen and oxygen atoms in total. The zero-order valence-corrected chi connectivity index (χ0v) is 22.9. The van der Waals surface area contributed by atoms with E-state index in [0.29, 0.717) is 54.3 Å². The normalized spacial score (nSPS) is 11.1. The fraction of sp³-hybridized carbons (Fsp3) is 0.481. The Morgan fingerprint density at radius 1 is 0.889 bits per heavy atom. The topological polar surface area (TPSA) is 73.4 Å². The number of rotatable bonds is 14. The second kappa shape index (κ2) is 13.3. The largest absolute Gasteiger partial charge is 0.497 e. The van der Waals surface area contributed by atoms with Crippen molar-refractivity contribution in [2.75, 3.05) is 58.0 Å². The van der Waals surface area contributed by atoms with Crippen molar-refractivity contribution in [2.45, 2.75) is 34.6 Å². The number of ether oxygens (including phenoxy) is 4. The van der Waals surface area contributed by atoms with Gasteiger partial charge in [-0.2, -0.15) is 0 Å². The lowest BCUT2D eigenvalue weighted by Gasteiger charge is -2.25. The monoisotopic (exact) mass is 515 g/mol. The molecule has 0 N–H and O–H groups in total. The van der Waals surface area contributed by atoms with Crippen molar-refractivity contribution in [2.24, 2.45) is 0 Å². The number of aromatic nitrogens is 1. The molecular formula is C27H37N3O5S. The van der Waals surface area contributed by atoms with Crippen LogP contribution in [0.4, 0.5) is 5.13 Å². The van der Waals surface area contributed by atoms with Crippen LogP contribution < -0.4 is 23.8 Å². The van der Waals surface area contributed by atoms with Gasteiger partial charge < -0.3 is 23.8 Å². The van der Waals surface area contributed by atoms with E-state index in [9.17, 15) is 4.79 Å². The van der Waals surface area contributed by atoms with Crippen molar-refractivity contribution in [1.29, 1.82) is 0 Å². The van der Waals surface area contributed by atoms with E-state index in [-0.39, 0.29) is 5.91 Å². The Hall–Kier alpha value is -3.04. The van der Waals surface area contributed by atoms with Gasteiger partial charge in [0.05, 0.1) is 37.1 Å². The van der Waals surface area contributed by atoms with Gasteiger partial charge >= 0.3 is 0 Å². The van der Waals surface area contributed by atoms with Gasteiger partial charge in [-0.25, -0.2) is 4.98 Å². The van der Waals surface area contributed by atoms with E-state index in [1.165, 1.54) is 11.3 Å². The molecule has 0 saturated carbocycles. The third kappa shape index (κ3) is 6.39. The molecule has 0 saturated heterocycles. The fourth-order valence-corrected chi connectivity index (χ4v) is 4.89. The third-order valence-electron chi connectivity index (χ3n) is 5.75. The van der Waals surface area contributed by atoms with Crippen molar-refractivity contribution in [3.8, 4) is 23.0 Å². The first-order chi connectivity index (χ1) is 17.5. The van der Waals surface area contributed by atoms with Crippen molar-refractivity contribution in [3.05, 3.63) is 35.9 Å². The zero-order chi connectivity index (χ0) is 26.1. The van der Waals surface area contributed by atoms with Crippen LogP contribution in [-0.4, -0.2) is 68.9 Å². The van der Waals surface area contributed by atoms with Crippen molar-refractivity contribution in [3.63, 3.8) is 0 Å². The third-order valence-corrected chi connectivity index (χ3v) is 6.79. The molecule has 3 aromatic rings. The lowest BCUT2D eigenvalue weighted by Crippen LogP contribution is -2.38. The number of carbonyl (C=O) groups excluding carboxylic acids is 1. The molecule has 0 aliphatic carbocycles. The molecule has 0 atom stereocenters. The van der Waals surface area contributed by atoms with Gasteiger partial charge in [0.25, 0.3) is 5.91 Å². The van der Waals surface area contributed by atoms with Crippen LogP contribution in [0.15, 0.2) is 30.3 Å². The van der Waals surface area contributed by atoms with E-state index in [4.69, 9.17) is 23.9 Å². The predicted molar refractivity (Wildman–Crippen MR) is 146 cm³/mol. The van der Waals surface area contributed by atoms with Crippen LogP contribution in [0.5, 0.6) is 23.0 Å². The van der Waals surface area contributed by atoms with Gasteiger partial charge in [0.15, 0.2) is 16.6 Å². The molecule has 0 aliphatic rings. The number of hydrogen-bond acceptors (Lipinski definition) is 8. The molecule has 0 radical (unpaired) electrons. The van der Waals surface area contributed by atoms with E-state index in [0.717, 1.165) is 35.6 Å². The van der Waals surface area contributed by atoms with Gasteiger partial charge in [0.2, 0.25) is 5.75 Å². The first-order valence-electron chi connectivity index (χ1n) is 12.5. The second-order valence-electron chi connectivity index (χ2n) is 7.91. The van der Waals surface area contributed by atoms with Gasteiger partial charge in [-0.1, -0.05) is 25.2 Å². The average Bonchev–Trinajstić information content (AvgIpc) is 3.31. The summed E-state index contributed by atoms with van der Waals surface area (Å²) in [5.74, 6) is 2.09. The highest BCUT2D eigenvalue weighted by Gasteiger charge is 2.25. The van der Waals surface area contributed by atoms with Crippen LogP contribution in [0.25, 0.3) is 10.2 Å². The Balaban J connectivity index is 2.07. The smallest absolute Gasteiger partial charge is 0.260 e. The highest BCUT2D eigenvalue weighted by atomic mass is 32.1. The Morgan fingerprint density at radius 3 is 2.08 bits per heavy atom. The lowest BCUT2D eigenvalue weighted by atomic mass is 10.1. The Labute approximate surface area is 217 Å². The highest BCUT2D eigenvalue weighted by Crippen LogP contribution is 2.40. The SMILES string of the molecule is CCOc1cc(C(=O)N(CCN(CC)CC)c2nc3ccc(OC)cc3s2)cc(OCC)c1OCC. The van der Waals surface area contributed by atoms with Crippen LogP contribution in [-0.2, 0) is 0 Å². The molecule has 0 bridgehead atoms. The van der Waals surface area contributed by atoms with E-state index in [1.807, 2.05) is 39.0 Å². The first kappa shape index (κ1) is 27.5.